The lowest BCUT2D eigenvalue weighted by Crippen LogP contribution is -2.34. The van der Waals surface area contributed by atoms with Gasteiger partial charge in [-0.05, 0) is 37.7 Å². The Morgan fingerprint density at radius 2 is 1.77 bits per heavy atom. The van der Waals surface area contributed by atoms with Gasteiger partial charge in [0.1, 0.15) is 18.4 Å². The van der Waals surface area contributed by atoms with Gasteiger partial charge in [-0.1, -0.05) is 48.5 Å². The van der Waals surface area contributed by atoms with Crippen molar-refractivity contribution in [3.8, 4) is 35.1 Å². The number of para-hydroxylation sites is 1. The summed E-state index contributed by atoms with van der Waals surface area (Å²) in [6.45, 7) is 3.42. The molecule has 1 aliphatic heterocycles. The highest BCUT2D eigenvalue weighted by Crippen LogP contribution is 2.41. The van der Waals surface area contributed by atoms with Crippen LogP contribution >= 0.6 is 11.8 Å². The second kappa shape index (κ2) is 15.7. The highest BCUT2D eigenvalue weighted by Gasteiger charge is 2.29. The third-order valence-electron chi connectivity index (χ3n) is 7.15. The summed E-state index contributed by atoms with van der Waals surface area (Å²) in [5, 5.41) is 12.9. The zero-order chi connectivity index (χ0) is 33.3. The zero-order valence-electron chi connectivity index (χ0n) is 25.7. The molecule has 244 valence electrons. The summed E-state index contributed by atoms with van der Waals surface area (Å²) in [5.74, 6) is -3.92. The van der Waals surface area contributed by atoms with Crippen LogP contribution in [-0.4, -0.2) is 54.4 Å². The first-order valence-electron chi connectivity index (χ1n) is 14.8. The molecule has 1 aliphatic rings. The zero-order valence-corrected chi connectivity index (χ0v) is 26.6. The van der Waals surface area contributed by atoms with E-state index < -0.39 is 40.3 Å². The predicted octanol–water partition coefficient (Wildman–Crippen LogP) is 5.91. The number of carbonyl (C=O) groups excluding carboxylic acids is 1. The van der Waals surface area contributed by atoms with Crippen molar-refractivity contribution in [1.82, 2.24) is 15.2 Å². The Morgan fingerprint density at radius 1 is 1.06 bits per heavy atom. The third kappa shape index (κ3) is 8.16. The van der Waals surface area contributed by atoms with Gasteiger partial charge in [0, 0.05) is 30.5 Å². The standard InChI is InChI=1S/C34H33F2N5O5S/c1-3-43-34(42)24(38)20-47-30-28(35)32(45-25-12-8-7-11-23(25)31-39-15-16-41(31)2)40-33(29(30)36)46-27-17-22(18-37)13-14-26(27)44-19-21-9-5-4-6-10-21/h4-14,17,24,31,39H,3,15-16,19-20,38H2,1-2H3. The summed E-state index contributed by atoms with van der Waals surface area (Å²) >= 11 is 0.655. The van der Waals surface area contributed by atoms with Gasteiger partial charge >= 0.3 is 5.97 Å². The van der Waals surface area contributed by atoms with Crippen LogP contribution in [0.25, 0.3) is 0 Å². The number of benzene rings is 3. The number of likely N-dealkylation sites (N-methyl/N-ethyl adjacent to an activating group) is 1. The van der Waals surface area contributed by atoms with E-state index in [1.165, 1.54) is 18.2 Å². The highest BCUT2D eigenvalue weighted by molar-refractivity contribution is 7.99. The predicted molar refractivity (Wildman–Crippen MR) is 171 cm³/mol. The molecule has 10 nitrogen and oxygen atoms in total. The average Bonchev–Trinajstić information content (AvgIpc) is 3.52. The summed E-state index contributed by atoms with van der Waals surface area (Å²) in [7, 11) is 1.94. The fourth-order valence-electron chi connectivity index (χ4n) is 4.76. The number of halogens is 2. The molecule has 13 heteroatoms. The number of nitrogens with two attached hydrogens (primary N) is 1. The number of pyridine rings is 1. The topological polar surface area (TPSA) is 132 Å². The lowest BCUT2D eigenvalue weighted by Gasteiger charge is -2.22. The maximum absolute atomic E-state index is 16.1. The van der Waals surface area contributed by atoms with E-state index >= 15 is 8.78 Å². The maximum Gasteiger partial charge on any atom is 0.323 e. The Bertz CT molecular complexity index is 1760. The second-order valence-electron chi connectivity index (χ2n) is 10.5. The van der Waals surface area contributed by atoms with Gasteiger partial charge in [-0.2, -0.15) is 19.0 Å². The number of hydrogen-bond donors (Lipinski definition) is 2. The number of thioether (sulfide) groups is 1. The molecule has 0 radical (unpaired) electrons. The van der Waals surface area contributed by atoms with Gasteiger partial charge in [0.2, 0.25) is 11.6 Å². The van der Waals surface area contributed by atoms with Crippen molar-refractivity contribution in [1.29, 1.82) is 5.26 Å². The molecule has 3 N–H and O–H groups in total. The molecular formula is C34H33F2N5O5S. The Hall–Kier alpha value is -4.74. The van der Waals surface area contributed by atoms with Crippen LogP contribution in [0.2, 0.25) is 0 Å². The van der Waals surface area contributed by atoms with Crippen molar-refractivity contribution in [2.45, 2.75) is 30.6 Å². The third-order valence-corrected chi connectivity index (χ3v) is 8.33. The van der Waals surface area contributed by atoms with E-state index in [4.69, 9.17) is 24.7 Å². The van der Waals surface area contributed by atoms with E-state index in [-0.39, 0.29) is 42.2 Å². The largest absolute Gasteiger partial charge is 0.485 e. The van der Waals surface area contributed by atoms with Gasteiger partial charge in [0.25, 0.3) is 11.8 Å². The number of rotatable bonds is 13. The van der Waals surface area contributed by atoms with Crippen molar-refractivity contribution in [3.63, 3.8) is 0 Å². The molecule has 2 unspecified atom stereocenters. The number of aromatic nitrogens is 1. The minimum absolute atomic E-state index is 0.0275. The van der Waals surface area contributed by atoms with Gasteiger partial charge in [-0.25, -0.2) is 0 Å². The molecule has 0 saturated carbocycles. The molecule has 47 heavy (non-hydrogen) atoms. The quantitative estimate of drug-likeness (QED) is 0.131. The van der Waals surface area contributed by atoms with Crippen molar-refractivity contribution in [2.24, 2.45) is 5.73 Å². The molecule has 2 atom stereocenters. The number of hydrogen-bond acceptors (Lipinski definition) is 11. The molecule has 4 aromatic rings. The fraction of sp³-hybridized carbons (Fsp3) is 0.265. The SMILES string of the molecule is CCOC(=O)C(N)CSc1c(F)c(Oc2cc(C#N)ccc2OCc2ccccc2)nc(Oc2ccccc2C2NCCN2C)c1F. The van der Waals surface area contributed by atoms with Crippen molar-refractivity contribution < 1.29 is 32.5 Å². The van der Waals surface area contributed by atoms with Crippen LogP contribution in [-0.2, 0) is 16.1 Å². The minimum Gasteiger partial charge on any atom is -0.485 e. The molecule has 1 aromatic heterocycles. The molecule has 0 aliphatic carbocycles. The smallest absolute Gasteiger partial charge is 0.323 e. The number of ether oxygens (including phenoxy) is 4. The minimum atomic E-state index is -1.16. The fourth-order valence-corrected chi connectivity index (χ4v) is 5.67. The average molecular weight is 662 g/mol. The van der Waals surface area contributed by atoms with E-state index in [0.29, 0.717) is 17.5 Å². The molecule has 5 rings (SSSR count). The second-order valence-corrected chi connectivity index (χ2v) is 11.5. The van der Waals surface area contributed by atoms with Gasteiger partial charge in [0.05, 0.1) is 29.3 Å². The van der Waals surface area contributed by atoms with Crippen LogP contribution in [0.5, 0.6) is 29.0 Å². The van der Waals surface area contributed by atoms with Gasteiger partial charge in [-0.3, -0.25) is 15.0 Å². The molecule has 1 saturated heterocycles. The number of nitrogens with one attached hydrogen (secondary N) is 1. The first kappa shape index (κ1) is 33.6. The van der Waals surface area contributed by atoms with E-state index in [9.17, 15) is 10.1 Å². The van der Waals surface area contributed by atoms with E-state index in [0.717, 1.165) is 24.2 Å². The van der Waals surface area contributed by atoms with Crippen molar-refractivity contribution in [3.05, 3.63) is 101 Å². The van der Waals surface area contributed by atoms with Crippen LogP contribution < -0.4 is 25.3 Å². The Morgan fingerprint density at radius 3 is 2.45 bits per heavy atom. The molecule has 0 bridgehead atoms. The van der Waals surface area contributed by atoms with Gasteiger partial charge in [-0.15, -0.1) is 11.8 Å². The number of nitrogens with zero attached hydrogens (tertiary/aromatic N) is 3. The highest BCUT2D eigenvalue weighted by atomic mass is 32.2. The molecule has 3 aromatic carbocycles. The van der Waals surface area contributed by atoms with Crippen LogP contribution in [0.1, 0.15) is 29.8 Å². The Kier molecular flexibility index (Phi) is 11.2. The number of nitriles is 1. The monoisotopic (exact) mass is 661 g/mol. The maximum atomic E-state index is 16.1. The molecular weight excluding hydrogens is 628 g/mol. The summed E-state index contributed by atoms with van der Waals surface area (Å²) in [6.07, 6.45) is -0.208. The first-order chi connectivity index (χ1) is 22.8. The molecule has 2 heterocycles. The summed E-state index contributed by atoms with van der Waals surface area (Å²) < 4.78 is 55.0. The summed E-state index contributed by atoms with van der Waals surface area (Å²) in [4.78, 5) is 17.8. The van der Waals surface area contributed by atoms with Crippen LogP contribution in [0, 0.1) is 23.0 Å². The van der Waals surface area contributed by atoms with Crippen LogP contribution in [0.3, 0.4) is 0 Å². The van der Waals surface area contributed by atoms with Crippen LogP contribution in [0.4, 0.5) is 8.78 Å². The number of carbonyl (C=O) groups is 1. The van der Waals surface area contributed by atoms with Crippen molar-refractivity contribution in [2.75, 3.05) is 32.5 Å². The lowest BCUT2D eigenvalue weighted by molar-refractivity contribution is -0.144. The molecule has 1 fully saturated rings. The van der Waals surface area contributed by atoms with Gasteiger partial charge < -0.3 is 24.7 Å². The van der Waals surface area contributed by atoms with Gasteiger partial charge in [0.15, 0.2) is 11.5 Å². The molecule has 0 spiro atoms. The normalized spacial score (nSPS) is 15.1. The summed E-state index contributed by atoms with van der Waals surface area (Å²) in [6, 6.07) is 21.7. The lowest BCUT2D eigenvalue weighted by atomic mass is 10.1. The van der Waals surface area contributed by atoms with E-state index in [1.54, 1.807) is 19.1 Å². The first-order valence-corrected chi connectivity index (χ1v) is 15.8. The van der Waals surface area contributed by atoms with Crippen molar-refractivity contribution >= 4 is 17.7 Å². The Balaban J connectivity index is 1.53. The Labute approximate surface area is 275 Å². The summed E-state index contributed by atoms with van der Waals surface area (Å²) in [5.41, 5.74) is 7.73. The van der Waals surface area contributed by atoms with E-state index in [1.807, 2.05) is 55.6 Å². The van der Waals surface area contributed by atoms with E-state index in [2.05, 4.69) is 15.2 Å². The van der Waals surface area contributed by atoms with Crippen LogP contribution in [0.15, 0.2) is 77.7 Å². The number of esters is 1. The molecule has 0 amide bonds.